The highest BCUT2D eigenvalue weighted by molar-refractivity contribution is 9.10. The third-order valence-electron chi connectivity index (χ3n) is 4.07. The van der Waals surface area contributed by atoms with Crippen LogP contribution in [0, 0.1) is 11.3 Å². The van der Waals surface area contributed by atoms with E-state index in [-0.39, 0.29) is 17.7 Å². The molecule has 0 bridgehead atoms. The van der Waals surface area contributed by atoms with Gasteiger partial charge < -0.3 is 20.5 Å². The van der Waals surface area contributed by atoms with Crippen molar-refractivity contribution in [3.63, 3.8) is 0 Å². The van der Waals surface area contributed by atoms with E-state index >= 15 is 0 Å². The van der Waals surface area contributed by atoms with E-state index in [1.807, 2.05) is 91.8 Å². The van der Waals surface area contributed by atoms with E-state index < -0.39 is 11.7 Å². The van der Waals surface area contributed by atoms with E-state index in [1.165, 1.54) is 0 Å². The standard InChI is InChI=1S/C13H18BrNO2.C9H10N2.C5H10O2/c1-9(10-5-7-11(14)8-6-10)15-12(16)17-13(2,3)4;1-7(11)9-4-2-8(6-10)3-5-9;1-5(2,3)7-4-6/h5-9H,1-4H3,(H,15,16);2-5,7H,11H2,1H3;4H,1-3H3/t9-;7-;/m00./s1. The highest BCUT2D eigenvalue weighted by atomic mass is 79.9. The number of amides is 1. The molecule has 0 aliphatic rings. The highest BCUT2D eigenvalue weighted by Crippen LogP contribution is 2.17. The lowest BCUT2D eigenvalue weighted by molar-refractivity contribution is -0.138. The molecular weight excluding hydrogens is 510 g/mol. The van der Waals surface area contributed by atoms with Crippen LogP contribution in [-0.4, -0.2) is 23.8 Å². The zero-order valence-corrected chi connectivity index (χ0v) is 23.5. The summed E-state index contributed by atoms with van der Waals surface area (Å²) in [6.07, 6.45) is -0.395. The first-order chi connectivity index (χ1) is 16.1. The van der Waals surface area contributed by atoms with Crippen LogP contribution in [0.15, 0.2) is 53.0 Å². The molecule has 35 heavy (non-hydrogen) atoms. The van der Waals surface area contributed by atoms with E-state index in [2.05, 4.69) is 32.1 Å². The Bertz CT molecular complexity index is 939. The lowest BCUT2D eigenvalue weighted by Crippen LogP contribution is -2.34. The van der Waals surface area contributed by atoms with Crippen molar-refractivity contribution in [2.24, 2.45) is 5.73 Å². The topological polar surface area (TPSA) is 114 Å². The van der Waals surface area contributed by atoms with Crippen molar-refractivity contribution in [2.45, 2.75) is 78.7 Å². The smallest absolute Gasteiger partial charge is 0.408 e. The molecule has 2 atom stereocenters. The van der Waals surface area contributed by atoms with Gasteiger partial charge in [0, 0.05) is 10.5 Å². The van der Waals surface area contributed by atoms with Gasteiger partial charge in [0.1, 0.15) is 11.2 Å². The molecule has 0 aromatic heterocycles. The van der Waals surface area contributed by atoms with Crippen LogP contribution in [0.25, 0.3) is 0 Å². The second-order valence-corrected chi connectivity index (χ2v) is 10.7. The number of carbonyl (C=O) groups is 2. The molecule has 0 fully saturated rings. The number of benzene rings is 2. The zero-order valence-electron chi connectivity index (χ0n) is 21.9. The molecule has 2 aromatic carbocycles. The predicted molar refractivity (Wildman–Crippen MR) is 143 cm³/mol. The maximum atomic E-state index is 11.6. The van der Waals surface area contributed by atoms with Gasteiger partial charge in [-0.1, -0.05) is 40.2 Å². The van der Waals surface area contributed by atoms with Gasteiger partial charge in [-0.3, -0.25) is 4.79 Å². The Morgan fingerprint density at radius 2 is 1.46 bits per heavy atom. The van der Waals surface area contributed by atoms with Crippen LogP contribution in [0.5, 0.6) is 0 Å². The van der Waals surface area contributed by atoms with Crippen LogP contribution in [-0.2, 0) is 14.3 Å². The van der Waals surface area contributed by atoms with E-state index in [9.17, 15) is 9.59 Å². The Balaban J connectivity index is 0.000000550. The first kappa shape index (κ1) is 32.1. The van der Waals surface area contributed by atoms with Crippen LogP contribution in [0.4, 0.5) is 4.79 Å². The van der Waals surface area contributed by atoms with Crippen LogP contribution in [0.3, 0.4) is 0 Å². The number of nitriles is 1. The summed E-state index contributed by atoms with van der Waals surface area (Å²) in [5.74, 6) is 0. The second-order valence-electron chi connectivity index (χ2n) is 9.77. The van der Waals surface area contributed by atoms with Gasteiger partial charge in [0.2, 0.25) is 0 Å². The number of nitrogens with one attached hydrogen (secondary N) is 1. The number of halogens is 1. The number of carbonyl (C=O) groups excluding carboxylic acids is 2. The van der Waals surface area contributed by atoms with Crippen molar-refractivity contribution in [3.05, 3.63) is 69.7 Å². The Kier molecular flexibility index (Phi) is 13.9. The maximum Gasteiger partial charge on any atom is 0.408 e. The molecule has 0 heterocycles. The van der Waals surface area contributed by atoms with E-state index in [1.54, 1.807) is 12.1 Å². The van der Waals surface area contributed by atoms with E-state index in [0.29, 0.717) is 12.0 Å². The fourth-order valence-electron chi connectivity index (χ4n) is 2.32. The lowest BCUT2D eigenvalue weighted by atomic mass is 10.1. The minimum Gasteiger partial charge on any atom is -0.462 e. The van der Waals surface area contributed by atoms with Crippen LogP contribution in [0.2, 0.25) is 0 Å². The second kappa shape index (κ2) is 15.2. The van der Waals surface area contributed by atoms with Gasteiger partial charge >= 0.3 is 6.09 Å². The fourth-order valence-corrected chi connectivity index (χ4v) is 2.59. The summed E-state index contributed by atoms with van der Waals surface area (Å²) in [7, 11) is 0. The minimum atomic E-state index is -0.469. The van der Waals surface area contributed by atoms with Gasteiger partial charge in [-0.25, -0.2) is 4.79 Å². The number of hydrogen-bond donors (Lipinski definition) is 2. The van der Waals surface area contributed by atoms with Gasteiger partial charge in [0.25, 0.3) is 6.47 Å². The molecule has 192 valence electrons. The van der Waals surface area contributed by atoms with Crippen molar-refractivity contribution in [2.75, 3.05) is 0 Å². The minimum absolute atomic E-state index is 0.0442. The predicted octanol–water partition coefficient (Wildman–Crippen LogP) is 6.57. The number of alkyl carbamates (subject to hydrolysis) is 1. The molecule has 0 saturated heterocycles. The quantitative estimate of drug-likeness (QED) is 0.418. The molecule has 0 radical (unpaired) electrons. The van der Waals surface area contributed by atoms with Gasteiger partial charge in [-0.05, 0) is 90.8 Å². The third kappa shape index (κ3) is 16.4. The number of nitrogens with two attached hydrogens (primary N) is 1. The molecule has 0 aliphatic heterocycles. The first-order valence-electron chi connectivity index (χ1n) is 11.2. The average molecular weight is 549 g/mol. The molecule has 3 N–H and O–H groups in total. The van der Waals surface area contributed by atoms with Crippen molar-refractivity contribution in [1.82, 2.24) is 5.32 Å². The molecule has 2 rings (SSSR count). The lowest BCUT2D eigenvalue weighted by Gasteiger charge is -2.22. The third-order valence-corrected chi connectivity index (χ3v) is 4.60. The molecule has 1 amide bonds. The number of hydrogen-bond acceptors (Lipinski definition) is 6. The first-order valence-corrected chi connectivity index (χ1v) is 12.0. The van der Waals surface area contributed by atoms with Crippen molar-refractivity contribution in [3.8, 4) is 6.07 Å². The largest absolute Gasteiger partial charge is 0.462 e. The average Bonchev–Trinajstić information content (AvgIpc) is 2.73. The summed E-state index contributed by atoms with van der Waals surface area (Å²) >= 11 is 3.37. The number of ether oxygens (including phenoxy) is 2. The molecule has 0 unspecified atom stereocenters. The summed E-state index contributed by atoms with van der Waals surface area (Å²) in [6, 6.07) is 17.2. The molecule has 7 nitrogen and oxygen atoms in total. The zero-order chi connectivity index (χ0) is 27.2. The van der Waals surface area contributed by atoms with Crippen LogP contribution < -0.4 is 11.1 Å². The Labute approximate surface area is 218 Å². The summed E-state index contributed by atoms with van der Waals surface area (Å²) in [5.41, 5.74) is 7.61. The Morgan fingerprint density at radius 3 is 1.80 bits per heavy atom. The molecule has 0 spiro atoms. The molecule has 8 heteroatoms. The van der Waals surface area contributed by atoms with Gasteiger partial charge in [0.15, 0.2) is 0 Å². The maximum absolute atomic E-state index is 11.6. The van der Waals surface area contributed by atoms with E-state index in [4.69, 9.17) is 15.7 Å². The highest BCUT2D eigenvalue weighted by Gasteiger charge is 2.18. The normalized spacial score (nSPS) is 12.3. The Hall–Kier alpha value is -2.89. The van der Waals surface area contributed by atoms with Gasteiger partial charge in [-0.2, -0.15) is 5.26 Å². The van der Waals surface area contributed by atoms with Crippen molar-refractivity contribution >= 4 is 28.5 Å². The molecule has 0 saturated carbocycles. The monoisotopic (exact) mass is 547 g/mol. The SMILES string of the molecule is CC(C)(C)OC=O.C[C@H](N)c1ccc(C#N)cc1.C[C@H](NC(=O)OC(C)(C)C)c1ccc(Br)cc1. The van der Waals surface area contributed by atoms with Crippen molar-refractivity contribution in [1.29, 1.82) is 5.26 Å². The van der Waals surface area contributed by atoms with Crippen LogP contribution in [0.1, 0.15) is 84.2 Å². The van der Waals surface area contributed by atoms with Gasteiger partial charge in [0.05, 0.1) is 17.7 Å². The van der Waals surface area contributed by atoms with E-state index in [0.717, 1.165) is 15.6 Å². The number of rotatable bonds is 4. The summed E-state index contributed by atoms with van der Waals surface area (Å²) in [4.78, 5) is 21.2. The summed E-state index contributed by atoms with van der Waals surface area (Å²) in [5, 5.41) is 11.3. The summed E-state index contributed by atoms with van der Waals surface area (Å²) < 4.78 is 10.8. The molecule has 0 aliphatic carbocycles. The Morgan fingerprint density at radius 1 is 0.971 bits per heavy atom. The van der Waals surface area contributed by atoms with Crippen molar-refractivity contribution < 1.29 is 19.1 Å². The summed E-state index contributed by atoms with van der Waals surface area (Å²) in [6.45, 7) is 15.3. The van der Waals surface area contributed by atoms with Crippen LogP contribution >= 0.6 is 15.9 Å². The number of nitrogens with zero attached hydrogens (tertiary/aromatic N) is 1. The molecular formula is C27H38BrN3O4. The fraction of sp³-hybridized carbons (Fsp3) is 0.444. The molecule has 2 aromatic rings. The van der Waals surface area contributed by atoms with Gasteiger partial charge in [-0.15, -0.1) is 0 Å².